The lowest BCUT2D eigenvalue weighted by Gasteiger charge is -2.28. The van der Waals surface area contributed by atoms with Crippen LogP contribution >= 0.6 is 7.82 Å². The molecule has 55 heavy (non-hydrogen) atoms. The smallest absolute Gasteiger partial charge is 0.306 e. The molecule has 0 aromatic heterocycles. The summed E-state index contributed by atoms with van der Waals surface area (Å²) in [5.74, 6) is -1.79. The number of likely N-dealkylation sites (N-methyl/N-ethyl adjacent to an activating group) is 1. The highest BCUT2D eigenvalue weighted by Crippen LogP contribution is 2.38. The summed E-state index contributed by atoms with van der Waals surface area (Å²) in [6, 6.07) is 0. The van der Waals surface area contributed by atoms with Crippen molar-refractivity contribution >= 4 is 25.5 Å². The van der Waals surface area contributed by atoms with E-state index < -0.39 is 50.6 Å². The van der Waals surface area contributed by atoms with Crippen LogP contribution in [0.25, 0.3) is 0 Å². The van der Waals surface area contributed by atoms with Crippen LogP contribution in [0.1, 0.15) is 149 Å². The van der Waals surface area contributed by atoms with E-state index in [1.807, 2.05) is 33.3 Å². The van der Waals surface area contributed by atoms with Crippen LogP contribution in [0.15, 0.2) is 24.3 Å². The first-order valence-electron chi connectivity index (χ1n) is 21.1. The van der Waals surface area contributed by atoms with Gasteiger partial charge in [-0.05, 0) is 32.1 Å². The van der Waals surface area contributed by atoms with Crippen LogP contribution in [-0.2, 0) is 37.5 Å². The van der Waals surface area contributed by atoms with E-state index in [1.54, 1.807) is 12.2 Å². The number of allylic oxidation sites excluding steroid dienone is 3. The van der Waals surface area contributed by atoms with Gasteiger partial charge in [-0.15, -0.1) is 0 Å². The lowest BCUT2D eigenvalue weighted by Crippen LogP contribution is -2.37. The number of phosphoric ester groups is 1. The highest BCUT2D eigenvalue weighted by Gasteiger charge is 2.39. The number of phosphoric acid groups is 1. The van der Waals surface area contributed by atoms with Crippen molar-refractivity contribution in [2.45, 2.75) is 167 Å². The van der Waals surface area contributed by atoms with Gasteiger partial charge >= 0.3 is 11.9 Å². The number of ether oxygens (including phenoxy) is 2. The molecule has 1 unspecified atom stereocenters. The number of ketones is 1. The van der Waals surface area contributed by atoms with Gasteiger partial charge in [0.1, 0.15) is 25.5 Å². The van der Waals surface area contributed by atoms with Crippen molar-refractivity contribution in [3.05, 3.63) is 24.3 Å². The zero-order valence-electron chi connectivity index (χ0n) is 34.8. The Morgan fingerprint density at radius 3 is 2.09 bits per heavy atom. The maximum Gasteiger partial charge on any atom is 0.306 e. The molecule has 12 nitrogen and oxygen atoms in total. The maximum atomic E-state index is 12.7. The van der Waals surface area contributed by atoms with Crippen molar-refractivity contribution in [1.29, 1.82) is 0 Å². The van der Waals surface area contributed by atoms with E-state index in [0.717, 1.165) is 38.5 Å². The SMILES string of the molecule is CCCCCCCCCCCCCC(=O)OC[C@H](COP(=O)([O-])OCC[N+](C)(C)C)OC(=O)CCC/C=C\C[C@H]1[C@@H](O)CC(=O)[C@@H]1/C=C/[C@@H](O)CCCCC. The number of esters is 2. The Morgan fingerprint density at radius 1 is 0.855 bits per heavy atom. The summed E-state index contributed by atoms with van der Waals surface area (Å²) in [4.78, 5) is 50.1. The molecule has 0 aliphatic heterocycles. The molecule has 0 bridgehead atoms. The molecule has 1 fully saturated rings. The number of hydrogen-bond acceptors (Lipinski definition) is 11. The van der Waals surface area contributed by atoms with Crippen LogP contribution in [0.3, 0.4) is 0 Å². The Bertz CT molecular complexity index is 1150. The number of carbonyl (C=O) groups is 3. The second-order valence-electron chi connectivity index (χ2n) is 16.1. The van der Waals surface area contributed by atoms with Crippen molar-refractivity contribution < 1.29 is 57.1 Å². The summed E-state index contributed by atoms with van der Waals surface area (Å²) in [5.41, 5.74) is 0. The number of carbonyl (C=O) groups excluding carboxylic acids is 3. The van der Waals surface area contributed by atoms with Gasteiger partial charge in [0, 0.05) is 31.1 Å². The molecule has 0 saturated heterocycles. The molecule has 13 heteroatoms. The van der Waals surface area contributed by atoms with Crippen molar-refractivity contribution in [2.75, 3.05) is 47.5 Å². The van der Waals surface area contributed by atoms with Crippen molar-refractivity contribution in [3.63, 3.8) is 0 Å². The van der Waals surface area contributed by atoms with Crippen LogP contribution in [-0.4, -0.2) is 98.2 Å². The summed E-state index contributed by atoms with van der Waals surface area (Å²) in [6.07, 6.45) is 22.9. The van der Waals surface area contributed by atoms with E-state index in [2.05, 4.69) is 13.8 Å². The van der Waals surface area contributed by atoms with Crippen LogP contribution in [0.2, 0.25) is 0 Å². The Balaban J connectivity index is 2.56. The van der Waals surface area contributed by atoms with Gasteiger partial charge in [-0.25, -0.2) is 0 Å². The summed E-state index contributed by atoms with van der Waals surface area (Å²) in [6.45, 7) is 3.79. The summed E-state index contributed by atoms with van der Waals surface area (Å²) < 4.78 is 33.7. The largest absolute Gasteiger partial charge is 0.756 e. The number of nitrogens with zero attached hydrogens (tertiary/aromatic N) is 1. The molecule has 1 saturated carbocycles. The monoisotopic (exact) mass is 802 g/mol. The maximum absolute atomic E-state index is 12.7. The first-order chi connectivity index (χ1) is 26.2. The molecule has 2 N–H and O–H groups in total. The van der Waals surface area contributed by atoms with Gasteiger partial charge in [0.25, 0.3) is 7.82 Å². The van der Waals surface area contributed by atoms with Gasteiger partial charge in [-0.3, -0.25) is 18.9 Å². The van der Waals surface area contributed by atoms with Gasteiger partial charge in [-0.2, -0.15) is 0 Å². The zero-order chi connectivity index (χ0) is 41.0. The lowest BCUT2D eigenvalue weighted by atomic mass is 9.90. The Labute approximate surface area is 332 Å². The van der Waals surface area contributed by atoms with Crippen molar-refractivity contribution in [1.82, 2.24) is 0 Å². The first kappa shape index (κ1) is 51.1. The highest BCUT2D eigenvalue weighted by atomic mass is 31.2. The van der Waals surface area contributed by atoms with Crippen LogP contribution in [0, 0.1) is 11.8 Å². The van der Waals surface area contributed by atoms with Crippen molar-refractivity contribution in [3.8, 4) is 0 Å². The first-order valence-corrected chi connectivity index (χ1v) is 22.6. The Kier molecular flexibility index (Phi) is 28.1. The molecule has 6 atom stereocenters. The number of aliphatic hydroxyl groups is 2. The molecule has 1 rings (SSSR count). The fourth-order valence-corrected chi connectivity index (χ4v) is 7.13. The average molecular weight is 802 g/mol. The minimum absolute atomic E-state index is 0.0343. The van der Waals surface area contributed by atoms with E-state index in [0.29, 0.717) is 43.1 Å². The molecular weight excluding hydrogens is 725 g/mol. The number of aliphatic hydroxyl groups excluding tert-OH is 2. The Morgan fingerprint density at radius 2 is 1.45 bits per heavy atom. The highest BCUT2D eigenvalue weighted by molar-refractivity contribution is 7.45. The van der Waals surface area contributed by atoms with Gasteiger partial charge in [0.15, 0.2) is 6.10 Å². The summed E-state index contributed by atoms with van der Waals surface area (Å²) in [5, 5.41) is 20.7. The fraction of sp³-hybridized carbons (Fsp3) is 0.833. The van der Waals surface area contributed by atoms with Gasteiger partial charge in [0.2, 0.25) is 0 Å². The third-order valence-corrected chi connectivity index (χ3v) is 10.8. The molecule has 0 radical (unpaired) electrons. The fourth-order valence-electron chi connectivity index (χ4n) is 6.40. The number of unbranched alkanes of at least 4 members (excludes halogenated alkanes) is 13. The number of quaternary nitrogens is 1. The number of Topliss-reactive ketones (excluding diaryl/α,β-unsaturated/α-hetero) is 1. The Hall–Kier alpha value is -1.92. The number of rotatable bonds is 34. The van der Waals surface area contributed by atoms with E-state index in [-0.39, 0.29) is 44.2 Å². The molecule has 0 heterocycles. The topological polar surface area (TPSA) is 169 Å². The third kappa shape index (κ3) is 27.4. The molecule has 1 aliphatic rings. The zero-order valence-corrected chi connectivity index (χ0v) is 35.7. The van der Waals surface area contributed by atoms with Gasteiger partial charge in [-0.1, -0.05) is 122 Å². The quantitative estimate of drug-likeness (QED) is 0.0217. The van der Waals surface area contributed by atoms with Crippen LogP contribution < -0.4 is 4.89 Å². The van der Waals surface area contributed by atoms with Crippen LogP contribution in [0.4, 0.5) is 0 Å². The van der Waals surface area contributed by atoms with Crippen molar-refractivity contribution in [2.24, 2.45) is 11.8 Å². The van der Waals surface area contributed by atoms with Gasteiger partial charge < -0.3 is 38.1 Å². The second-order valence-corrected chi connectivity index (χ2v) is 17.6. The summed E-state index contributed by atoms with van der Waals surface area (Å²) >= 11 is 0. The lowest BCUT2D eigenvalue weighted by molar-refractivity contribution is -0.870. The predicted molar refractivity (Wildman–Crippen MR) is 214 cm³/mol. The molecule has 0 spiro atoms. The molecule has 0 aromatic carbocycles. The van der Waals surface area contributed by atoms with E-state index in [1.165, 1.54) is 44.9 Å². The minimum atomic E-state index is -4.69. The molecule has 1 aliphatic carbocycles. The molecule has 0 amide bonds. The second kappa shape index (κ2) is 30.2. The molecule has 0 aromatic rings. The molecular formula is C42H76NO11P. The van der Waals surface area contributed by atoms with Gasteiger partial charge in [0.05, 0.1) is 40.0 Å². The average Bonchev–Trinajstić information content (AvgIpc) is 3.39. The van der Waals surface area contributed by atoms with Crippen LogP contribution in [0.5, 0.6) is 0 Å². The predicted octanol–water partition coefficient (Wildman–Crippen LogP) is 7.53. The normalized spacial score (nSPS) is 19.9. The number of hydrogen-bond donors (Lipinski definition) is 2. The minimum Gasteiger partial charge on any atom is -0.756 e. The standard InChI is InChI=1S/C42H76NO11P/c1-6-8-10-11-12-13-14-15-16-17-22-26-41(47)51-33-36(34-53-55(49,50)52-31-30-43(3,4)5)54-42(48)27-23-19-18-21-25-37-38(40(46)32-39(37)45)29-28-35(44)24-20-9-7-2/h18,21,28-29,35-39,44-45H,6-17,19-20,22-27,30-34H2,1-5H3/b21-18-,29-28+/t35-,36+,37+,38+,39-/m0/s1. The van der Waals surface area contributed by atoms with E-state index in [9.17, 15) is 34.1 Å². The summed E-state index contributed by atoms with van der Waals surface area (Å²) in [7, 11) is 1.00. The third-order valence-electron chi connectivity index (χ3n) is 9.85. The van der Waals surface area contributed by atoms with E-state index in [4.69, 9.17) is 18.5 Å². The van der Waals surface area contributed by atoms with E-state index >= 15 is 0 Å². The molecule has 320 valence electrons.